The summed E-state index contributed by atoms with van der Waals surface area (Å²) in [6, 6.07) is 17.3. The number of fused-ring (bicyclic) bond motifs is 1. The molecule has 5 rings (SSSR count). The van der Waals surface area contributed by atoms with Gasteiger partial charge in [0.1, 0.15) is 34.1 Å². The first-order chi connectivity index (χ1) is 22.2. The van der Waals surface area contributed by atoms with Gasteiger partial charge in [-0.05, 0) is 83.0 Å². The van der Waals surface area contributed by atoms with E-state index in [1.54, 1.807) is 55.5 Å². The van der Waals surface area contributed by atoms with Gasteiger partial charge in [-0.3, -0.25) is 23.5 Å². The predicted molar refractivity (Wildman–Crippen MR) is 188 cm³/mol. The highest BCUT2D eigenvalue weighted by Gasteiger charge is 2.24. The number of hydrogen-bond acceptors (Lipinski definition) is 6. The van der Waals surface area contributed by atoms with Crippen LogP contribution in [0.15, 0.2) is 81.1 Å². The Balaban J connectivity index is 1.75. The summed E-state index contributed by atoms with van der Waals surface area (Å²) in [5, 5.41) is 2.80. The number of methoxy groups -OCH3 is 1. The number of ether oxygens (including phenoxy) is 2. The van der Waals surface area contributed by atoms with Crippen molar-refractivity contribution in [3.8, 4) is 22.9 Å². The number of rotatable bonds is 8. The molecule has 0 atom stereocenters. The summed E-state index contributed by atoms with van der Waals surface area (Å²) >= 11 is 1.96. The van der Waals surface area contributed by atoms with Crippen LogP contribution in [0.4, 0.5) is 10.1 Å². The van der Waals surface area contributed by atoms with Crippen molar-refractivity contribution in [1.82, 2.24) is 13.7 Å². The molecule has 0 unspecified atom stereocenters. The SMILES string of the molecule is COc1ccc(Cn2c(=O)c3c(Oc4cccc(NC(=O)CC(C)(C)C)c4C)cc(=O)n(C)c3n(-c3ccc(I)cc3F)c2=O)cc1. The first kappa shape index (κ1) is 33.6. The standard InChI is InChI=1S/C35H34FIN4O6/c1-20-25(38-29(42)18-35(2,3)4)8-7-9-27(20)47-28-17-30(43)39(5)32-31(28)33(44)40(19-21-10-13-23(46-6)14-11-21)34(45)41(32)26-15-12-22(37)16-24(26)36/h7-17H,18-19H2,1-6H3,(H,38,42). The molecule has 0 aliphatic heterocycles. The first-order valence-electron chi connectivity index (χ1n) is 14.7. The van der Waals surface area contributed by atoms with Gasteiger partial charge in [0, 0.05) is 34.4 Å². The zero-order chi connectivity index (χ0) is 34.2. The van der Waals surface area contributed by atoms with E-state index in [1.807, 2.05) is 43.4 Å². The van der Waals surface area contributed by atoms with Crippen LogP contribution in [0.5, 0.6) is 17.2 Å². The molecule has 2 heterocycles. The molecule has 0 spiro atoms. The van der Waals surface area contributed by atoms with Crippen molar-refractivity contribution in [3.05, 3.63) is 118 Å². The summed E-state index contributed by atoms with van der Waals surface area (Å²) in [5.74, 6) is -0.161. The fraction of sp³-hybridized carbons (Fsp3) is 0.257. The molecular weight excluding hydrogens is 718 g/mol. The van der Waals surface area contributed by atoms with Crippen LogP contribution in [-0.4, -0.2) is 26.7 Å². The van der Waals surface area contributed by atoms with Crippen molar-refractivity contribution in [2.24, 2.45) is 12.5 Å². The van der Waals surface area contributed by atoms with E-state index >= 15 is 4.39 Å². The van der Waals surface area contributed by atoms with Crippen LogP contribution in [-0.2, 0) is 18.4 Å². The van der Waals surface area contributed by atoms with Crippen molar-refractivity contribution in [1.29, 1.82) is 0 Å². The molecule has 0 saturated carbocycles. The van der Waals surface area contributed by atoms with Crippen LogP contribution < -0.4 is 31.6 Å². The summed E-state index contributed by atoms with van der Waals surface area (Å²) in [7, 11) is 2.93. The van der Waals surface area contributed by atoms with E-state index in [-0.39, 0.29) is 52.5 Å². The first-order valence-corrected chi connectivity index (χ1v) is 15.8. The van der Waals surface area contributed by atoms with E-state index < -0.39 is 22.6 Å². The minimum Gasteiger partial charge on any atom is -0.497 e. The highest BCUT2D eigenvalue weighted by atomic mass is 127. The third-order valence-electron chi connectivity index (χ3n) is 7.59. The summed E-state index contributed by atoms with van der Waals surface area (Å²) in [6.45, 7) is 7.47. The third kappa shape index (κ3) is 7.02. The number of nitrogens with zero attached hydrogens (tertiary/aromatic N) is 3. The Bertz CT molecular complexity index is 2200. The average Bonchev–Trinajstić information content (AvgIpc) is 2.99. The van der Waals surface area contributed by atoms with Crippen LogP contribution in [0.3, 0.4) is 0 Å². The zero-order valence-electron chi connectivity index (χ0n) is 26.8. The Morgan fingerprint density at radius 2 is 1.68 bits per heavy atom. The normalized spacial score (nSPS) is 11.5. The molecule has 0 bridgehead atoms. The molecule has 0 fully saturated rings. The number of nitrogens with one attached hydrogen (secondary N) is 1. The molecule has 0 aliphatic carbocycles. The van der Waals surface area contributed by atoms with Crippen molar-refractivity contribution in [2.75, 3.05) is 12.4 Å². The number of aryl methyl sites for hydroxylation is 1. The quantitative estimate of drug-likeness (QED) is 0.191. The molecule has 0 aliphatic rings. The maximum absolute atomic E-state index is 15.6. The minimum absolute atomic E-state index is 0.111. The van der Waals surface area contributed by atoms with E-state index in [9.17, 15) is 19.2 Å². The van der Waals surface area contributed by atoms with Crippen LogP contribution in [0.25, 0.3) is 16.7 Å². The second kappa shape index (κ2) is 13.2. The Labute approximate surface area is 283 Å². The number of carbonyl (C=O) groups is 1. The predicted octanol–water partition coefficient (Wildman–Crippen LogP) is 6.13. The van der Waals surface area contributed by atoms with E-state index in [0.717, 1.165) is 19.8 Å². The van der Waals surface area contributed by atoms with Gasteiger partial charge in [0.05, 0.1) is 19.3 Å². The number of hydrogen-bond donors (Lipinski definition) is 1. The van der Waals surface area contributed by atoms with Crippen LogP contribution in [0, 0.1) is 21.7 Å². The molecule has 47 heavy (non-hydrogen) atoms. The molecule has 244 valence electrons. The number of anilines is 1. The molecular formula is C35H34FIN4O6. The van der Waals surface area contributed by atoms with E-state index in [4.69, 9.17) is 9.47 Å². The van der Waals surface area contributed by atoms with Crippen LogP contribution in [0.2, 0.25) is 0 Å². The average molecular weight is 753 g/mol. The third-order valence-corrected chi connectivity index (χ3v) is 8.26. The second-order valence-electron chi connectivity index (χ2n) is 12.4. The number of aromatic nitrogens is 3. The van der Waals surface area contributed by atoms with Crippen LogP contribution in [0.1, 0.15) is 38.3 Å². The Kier molecular flexibility index (Phi) is 9.43. The smallest absolute Gasteiger partial charge is 0.337 e. The van der Waals surface area contributed by atoms with E-state index in [2.05, 4.69) is 5.32 Å². The molecule has 10 nitrogen and oxygen atoms in total. The maximum atomic E-state index is 15.6. The van der Waals surface area contributed by atoms with Gasteiger partial charge in [0.25, 0.3) is 11.1 Å². The number of carbonyl (C=O) groups excluding carboxylic acids is 1. The largest absolute Gasteiger partial charge is 0.497 e. The van der Waals surface area contributed by atoms with Gasteiger partial charge in [-0.2, -0.15) is 0 Å². The fourth-order valence-corrected chi connectivity index (χ4v) is 5.68. The fourth-order valence-electron chi connectivity index (χ4n) is 5.23. The van der Waals surface area contributed by atoms with E-state index in [0.29, 0.717) is 26.1 Å². The van der Waals surface area contributed by atoms with Gasteiger partial charge >= 0.3 is 5.69 Å². The van der Waals surface area contributed by atoms with Gasteiger partial charge in [-0.15, -0.1) is 0 Å². The Hall–Kier alpha value is -4.72. The number of pyridine rings is 1. The van der Waals surface area contributed by atoms with Crippen molar-refractivity contribution in [2.45, 2.75) is 40.7 Å². The maximum Gasteiger partial charge on any atom is 0.337 e. The van der Waals surface area contributed by atoms with Gasteiger partial charge in [0.2, 0.25) is 5.91 Å². The molecule has 1 N–H and O–H groups in total. The summed E-state index contributed by atoms with van der Waals surface area (Å²) < 4.78 is 30.8. The molecule has 1 amide bonds. The number of amides is 1. The van der Waals surface area contributed by atoms with Crippen molar-refractivity contribution in [3.63, 3.8) is 0 Å². The number of halogens is 2. The molecule has 0 saturated heterocycles. The Morgan fingerprint density at radius 3 is 2.32 bits per heavy atom. The number of benzene rings is 3. The molecule has 5 aromatic rings. The molecule has 3 aromatic carbocycles. The van der Waals surface area contributed by atoms with Gasteiger partial charge < -0.3 is 14.8 Å². The monoisotopic (exact) mass is 752 g/mol. The minimum atomic E-state index is -0.842. The second-order valence-corrected chi connectivity index (χ2v) is 13.6. The topological polar surface area (TPSA) is 114 Å². The van der Waals surface area contributed by atoms with Gasteiger partial charge in [-0.1, -0.05) is 39.0 Å². The molecule has 0 radical (unpaired) electrons. The van der Waals surface area contributed by atoms with Crippen LogP contribution >= 0.6 is 22.6 Å². The molecule has 12 heteroatoms. The van der Waals surface area contributed by atoms with Crippen molar-refractivity contribution >= 4 is 45.2 Å². The lowest BCUT2D eigenvalue weighted by Crippen LogP contribution is -2.42. The van der Waals surface area contributed by atoms with Crippen molar-refractivity contribution < 1.29 is 18.7 Å². The highest BCUT2D eigenvalue weighted by Crippen LogP contribution is 2.33. The lowest BCUT2D eigenvalue weighted by atomic mass is 9.92. The summed E-state index contributed by atoms with van der Waals surface area (Å²) in [5.41, 5.74) is -1.01. The summed E-state index contributed by atoms with van der Waals surface area (Å²) in [6.07, 6.45) is 0.289. The summed E-state index contributed by atoms with van der Waals surface area (Å²) in [4.78, 5) is 54.5. The zero-order valence-corrected chi connectivity index (χ0v) is 29.0. The lowest BCUT2D eigenvalue weighted by molar-refractivity contribution is -0.117. The lowest BCUT2D eigenvalue weighted by Gasteiger charge is -2.20. The van der Waals surface area contributed by atoms with E-state index in [1.165, 1.54) is 26.3 Å². The Morgan fingerprint density at radius 1 is 0.979 bits per heavy atom. The highest BCUT2D eigenvalue weighted by molar-refractivity contribution is 14.1. The van der Waals surface area contributed by atoms with Gasteiger partial charge in [0.15, 0.2) is 0 Å². The molecule has 2 aromatic heterocycles. The van der Waals surface area contributed by atoms with Gasteiger partial charge in [-0.25, -0.2) is 13.8 Å².